The quantitative estimate of drug-likeness (QED) is 0.654. The van der Waals surface area contributed by atoms with Crippen LogP contribution in [0.4, 0.5) is 0 Å². The summed E-state index contributed by atoms with van der Waals surface area (Å²) in [5, 5.41) is 7.57. The van der Waals surface area contributed by atoms with Gasteiger partial charge in [-0.25, -0.2) is 9.67 Å². The summed E-state index contributed by atoms with van der Waals surface area (Å²) in [4.78, 5) is 4.40. The summed E-state index contributed by atoms with van der Waals surface area (Å²) in [7, 11) is 0. The van der Waals surface area contributed by atoms with Gasteiger partial charge in [0.05, 0.1) is 17.9 Å². The number of hydrogen-bond donors (Lipinski definition) is 2. The largest absolute Gasteiger partial charge is 0.370 e. The molecule has 0 aliphatic carbocycles. The molecule has 3 N–H and O–H groups in total. The zero-order valence-corrected chi connectivity index (χ0v) is 12.9. The van der Waals surface area contributed by atoms with Gasteiger partial charge in [0.15, 0.2) is 5.96 Å². The number of rotatable bonds is 5. The van der Waals surface area contributed by atoms with Crippen LogP contribution in [-0.2, 0) is 6.54 Å². The van der Waals surface area contributed by atoms with Gasteiger partial charge in [0.2, 0.25) is 0 Å². The number of guanidine groups is 1. The van der Waals surface area contributed by atoms with Gasteiger partial charge in [0.25, 0.3) is 0 Å². The molecule has 0 bridgehead atoms. The Bertz CT molecular complexity index is 613. The Morgan fingerprint density at radius 3 is 2.76 bits per heavy atom. The van der Waals surface area contributed by atoms with Crippen LogP contribution in [0.15, 0.2) is 41.5 Å². The molecule has 0 unspecified atom stereocenters. The Kier molecular flexibility index (Phi) is 4.98. The average molecular weight is 285 g/mol. The summed E-state index contributed by atoms with van der Waals surface area (Å²) in [5.41, 5.74) is 9.00. The third-order valence-electron chi connectivity index (χ3n) is 3.07. The first kappa shape index (κ1) is 15.1. The third kappa shape index (κ3) is 4.34. The van der Waals surface area contributed by atoms with Crippen molar-refractivity contribution >= 4 is 5.96 Å². The molecule has 1 aromatic carbocycles. The maximum absolute atomic E-state index is 5.88. The highest BCUT2D eigenvalue weighted by Crippen LogP contribution is 2.15. The van der Waals surface area contributed by atoms with E-state index in [4.69, 9.17) is 5.73 Å². The van der Waals surface area contributed by atoms with Crippen LogP contribution < -0.4 is 11.1 Å². The third-order valence-corrected chi connectivity index (χ3v) is 3.07. The van der Waals surface area contributed by atoms with Gasteiger partial charge in [-0.15, -0.1) is 0 Å². The van der Waals surface area contributed by atoms with E-state index in [0.717, 1.165) is 23.5 Å². The lowest BCUT2D eigenvalue weighted by Gasteiger charge is -2.10. The Balaban J connectivity index is 2.12. The minimum absolute atomic E-state index is 0.482. The SMILES string of the molecule is Cc1ccn(-c2ccccc2CN=C(N)NCC(C)C)n1. The average Bonchev–Trinajstić information content (AvgIpc) is 2.89. The lowest BCUT2D eigenvalue weighted by Crippen LogP contribution is -2.34. The number of hydrogen-bond acceptors (Lipinski definition) is 2. The number of aliphatic imine (C=N–C) groups is 1. The molecule has 112 valence electrons. The summed E-state index contributed by atoms with van der Waals surface area (Å²) < 4.78 is 1.87. The molecule has 0 amide bonds. The van der Waals surface area contributed by atoms with E-state index in [1.165, 1.54) is 0 Å². The highest BCUT2D eigenvalue weighted by atomic mass is 15.3. The summed E-state index contributed by atoms with van der Waals surface area (Å²) >= 11 is 0. The van der Waals surface area contributed by atoms with Crippen molar-refractivity contribution in [3.8, 4) is 5.69 Å². The monoisotopic (exact) mass is 285 g/mol. The second kappa shape index (κ2) is 6.92. The Hall–Kier alpha value is -2.30. The van der Waals surface area contributed by atoms with Crippen LogP contribution in [0.2, 0.25) is 0 Å². The van der Waals surface area contributed by atoms with E-state index in [0.29, 0.717) is 18.4 Å². The van der Waals surface area contributed by atoms with Crippen molar-refractivity contribution in [1.29, 1.82) is 0 Å². The number of nitrogens with zero attached hydrogens (tertiary/aromatic N) is 3. The minimum atomic E-state index is 0.482. The Labute approximate surface area is 125 Å². The zero-order valence-electron chi connectivity index (χ0n) is 12.9. The number of nitrogens with one attached hydrogen (secondary N) is 1. The number of para-hydroxylation sites is 1. The number of aryl methyl sites for hydroxylation is 1. The second-order valence-electron chi connectivity index (χ2n) is 5.51. The standard InChI is InChI=1S/C16H23N5/c1-12(2)10-18-16(17)19-11-14-6-4-5-7-15(14)21-9-8-13(3)20-21/h4-9,12H,10-11H2,1-3H3,(H3,17,18,19). The van der Waals surface area contributed by atoms with Gasteiger partial charge < -0.3 is 11.1 Å². The fourth-order valence-electron chi connectivity index (χ4n) is 1.95. The summed E-state index contributed by atoms with van der Waals surface area (Å²) in [6, 6.07) is 10.1. The highest BCUT2D eigenvalue weighted by molar-refractivity contribution is 5.77. The van der Waals surface area contributed by atoms with Crippen molar-refractivity contribution in [3.63, 3.8) is 0 Å². The van der Waals surface area contributed by atoms with Gasteiger partial charge in [-0.3, -0.25) is 0 Å². The first-order valence-corrected chi connectivity index (χ1v) is 7.20. The van der Waals surface area contributed by atoms with Crippen molar-refractivity contribution in [2.45, 2.75) is 27.3 Å². The molecule has 0 radical (unpaired) electrons. The molecule has 0 spiro atoms. The minimum Gasteiger partial charge on any atom is -0.370 e. The second-order valence-corrected chi connectivity index (χ2v) is 5.51. The smallest absolute Gasteiger partial charge is 0.188 e. The van der Waals surface area contributed by atoms with Gasteiger partial charge in [-0.2, -0.15) is 5.10 Å². The molecule has 2 aromatic rings. The lowest BCUT2D eigenvalue weighted by atomic mass is 10.2. The summed E-state index contributed by atoms with van der Waals surface area (Å²) in [5.74, 6) is 1.02. The predicted octanol–water partition coefficient (Wildman–Crippen LogP) is 2.24. The molecule has 5 heteroatoms. The molecular formula is C16H23N5. The van der Waals surface area contributed by atoms with E-state index in [1.54, 1.807) is 0 Å². The van der Waals surface area contributed by atoms with Crippen molar-refractivity contribution in [1.82, 2.24) is 15.1 Å². The predicted molar refractivity (Wildman–Crippen MR) is 86.5 cm³/mol. The van der Waals surface area contributed by atoms with Gasteiger partial charge in [0.1, 0.15) is 0 Å². The number of aromatic nitrogens is 2. The van der Waals surface area contributed by atoms with Gasteiger partial charge in [-0.1, -0.05) is 32.0 Å². The van der Waals surface area contributed by atoms with Crippen molar-refractivity contribution < 1.29 is 0 Å². The van der Waals surface area contributed by atoms with E-state index in [9.17, 15) is 0 Å². The molecule has 5 nitrogen and oxygen atoms in total. The maximum atomic E-state index is 5.88. The van der Waals surface area contributed by atoms with Gasteiger partial charge in [0, 0.05) is 12.7 Å². The molecule has 21 heavy (non-hydrogen) atoms. The summed E-state index contributed by atoms with van der Waals surface area (Å²) in [6.07, 6.45) is 1.96. The van der Waals surface area contributed by atoms with E-state index >= 15 is 0 Å². The van der Waals surface area contributed by atoms with Gasteiger partial charge in [-0.05, 0) is 30.5 Å². The fourth-order valence-corrected chi connectivity index (χ4v) is 1.95. The Morgan fingerprint density at radius 2 is 2.10 bits per heavy atom. The fraction of sp³-hybridized carbons (Fsp3) is 0.375. The molecule has 0 fully saturated rings. The maximum Gasteiger partial charge on any atom is 0.188 e. The van der Waals surface area contributed by atoms with Crippen molar-refractivity contribution in [3.05, 3.63) is 47.8 Å². The van der Waals surface area contributed by atoms with Crippen molar-refractivity contribution in [2.24, 2.45) is 16.6 Å². The molecular weight excluding hydrogens is 262 g/mol. The number of benzene rings is 1. The van der Waals surface area contributed by atoms with E-state index in [1.807, 2.05) is 48.1 Å². The molecule has 1 aromatic heterocycles. The molecule has 1 heterocycles. The Morgan fingerprint density at radius 1 is 1.33 bits per heavy atom. The first-order chi connectivity index (χ1) is 10.1. The van der Waals surface area contributed by atoms with Crippen LogP contribution in [0, 0.1) is 12.8 Å². The number of nitrogens with two attached hydrogens (primary N) is 1. The first-order valence-electron chi connectivity index (χ1n) is 7.20. The highest BCUT2D eigenvalue weighted by Gasteiger charge is 2.05. The lowest BCUT2D eigenvalue weighted by molar-refractivity contribution is 0.622. The van der Waals surface area contributed by atoms with Crippen LogP contribution in [0.1, 0.15) is 25.1 Å². The molecule has 0 saturated carbocycles. The van der Waals surface area contributed by atoms with E-state index < -0.39 is 0 Å². The zero-order chi connectivity index (χ0) is 15.2. The van der Waals surface area contributed by atoms with Crippen LogP contribution in [-0.4, -0.2) is 22.3 Å². The van der Waals surface area contributed by atoms with Crippen molar-refractivity contribution in [2.75, 3.05) is 6.54 Å². The van der Waals surface area contributed by atoms with E-state index in [2.05, 4.69) is 29.3 Å². The molecule has 0 atom stereocenters. The molecule has 0 aliphatic rings. The molecule has 2 rings (SSSR count). The summed E-state index contributed by atoms with van der Waals surface area (Å²) in [6.45, 7) is 7.61. The van der Waals surface area contributed by atoms with Crippen LogP contribution in [0.5, 0.6) is 0 Å². The van der Waals surface area contributed by atoms with E-state index in [-0.39, 0.29) is 0 Å². The van der Waals surface area contributed by atoms with Crippen LogP contribution in [0.3, 0.4) is 0 Å². The van der Waals surface area contributed by atoms with Gasteiger partial charge >= 0.3 is 0 Å². The van der Waals surface area contributed by atoms with Crippen LogP contribution in [0.25, 0.3) is 5.69 Å². The molecule has 0 saturated heterocycles. The molecule has 0 aliphatic heterocycles. The van der Waals surface area contributed by atoms with Crippen LogP contribution >= 0.6 is 0 Å². The topological polar surface area (TPSA) is 68.2 Å². The normalized spacial score (nSPS) is 11.9.